The van der Waals surface area contributed by atoms with Crippen molar-refractivity contribution in [3.8, 4) is 0 Å². The highest BCUT2D eigenvalue weighted by atomic mass is 19.1. The standard InChI is InChI=1S/C20H21FN2O4/c1-2-3-12-26-20(25)16-6-10-18(11-7-16)23-19(24)14-27-22-13-15-4-8-17(21)9-5-15/h4-11,13H,2-3,12,14H2,1H3,(H,23,24)/b22-13+. The van der Waals surface area contributed by atoms with E-state index in [2.05, 4.69) is 10.5 Å². The number of halogens is 1. The quantitative estimate of drug-likeness (QED) is 0.315. The Morgan fingerprint density at radius 2 is 1.81 bits per heavy atom. The van der Waals surface area contributed by atoms with E-state index in [0.29, 0.717) is 23.4 Å². The predicted octanol–water partition coefficient (Wildman–Crippen LogP) is 3.77. The molecule has 2 aromatic rings. The fourth-order valence-corrected chi connectivity index (χ4v) is 2.02. The van der Waals surface area contributed by atoms with Gasteiger partial charge in [0.25, 0.3) is 5.91 Å². The summed E-state index contributed by atoms with van der Waals surface area (Å²) in [5.41, 5.74) is 1.60. The zero-order valence-corrected chi connectivity index (χ0v) is 15.0. The van der Waals surface area contributed by atoms with Gasteiger partial charge in [-0.1, -0.05) is 30.6 Å². The van der Waals surface area contributed by atoms with Gasteiger partial charge in [-0.2, -0.15) is 0 Å². The van der Waals surface area contributed by atoms with Gasteiger partial charge in [0.1, 0.15) is 5.82 Å². The van der Waals surface area contributed by atoms with E-state index in [-0.39, 0.29) is 18.4 Å². The van der Waals surface area contributed by atoms with Gasteiger partial charge in [-0.05, 0) is 48.4 Å². The molecule has 0 bridgehead atoms. The molecule has 0 radical (unpaired) electrons. The average molecular weight is 372 g/mol. The van der Waals surface area contributed by atoms with E-state index in [9.17, 15) is 14.0 Å². The summed E-state index contributed by atoms with van der Waals surface area (Å²) in [6.45, 7) is 2.13. The molecule has 0 unspecified atom stereocenters. The Morgan fingerprint density at radius 1 is 1.11 bits per heavy atom. The van der Waals surface area contributed by atoms with Crippen molar-refractivity contribution in [2.45, 2.75) is 19.8 Å². The number of nitrogens with one attached hydrogen (secondary N) is 1. The van der Waals surface area contributed by atoms with Crippen LogP contribution in [0.5, 0.6) is 0 Å². The summed E-state index contributed by atoms with van der Waals surface area (Å²) >= 11 is 0. The van der Waals surface area contributed by atoms with Crippen molar-refractivity contribution in [3.05, 3.63) is 65.5 Å². The largest absolute Gasteiger partial charge is 0.462 e. The zero-order valence-electron chi connectivity index (χ0n) is 15.0. The maximum atomic E-state index is 12.8. The van der Waals surface area contributed by atoms with Crippen molar-refractivity contribution in [1.29, 1.82) is 0 Å². The number of hydrogen-bond acceptors (Lipinski definition) is 5. The minimum atomic E-state index is -0.399. The van der Waals surface area contributed by atoms with Gasteiger partial charge in [0.15, 0.2) is 6.61 Å². The lowest BCUT2D eigenvalue weighted by molar-refractivity contribution is -0.120. The minimum absolute atomic E-state index is 0.279. The molecule has 27 heavy (non-hydrogen) atoms. The summed E-state index contributed by atoms with van der Waals surface area (Å²) in [6.07, 6.45) is 3.16. The number of benzene rings is 2. The van der Waals surface area contributed by atoms with E-state index in [1.54, 1.807) is 24.3 Å². The Labute approximate surface area is 157 Å². The zero-order chi connectivity index (χ0) is 19.5. The molecule has 0 aromatic heterocycles. The van der Waals surface area contributed by atoms with Crippen LogP contribution in [0.4, 0.5) is 10.1 Å². The van der Waals surface area contributed by atoms with Crippen molar-refractivity contribution >= 4 is 23.8 Å². The van der Waals surface area contributed by atoms with Gasteiger partial charge in [0.05, 0.1) is 18.4 Å². The molecule has 0 spiro atoms. The smallest absolute Gasteiger partial charge is 0.338 e. The fourth-order valence-electron chi connectivity index (χ4n) is 2.02. The molecule has 7 heteroatoms. The Balaban J connectivity index is 1.75. The molecule has 0 saturated carbocycles. The van der Waals surface area contributed by atoms with Crippen LogP contribution < -0.4 is 5.32 Å². The second-order valence-corrected chi connectivity index (χ2v) is 5.67. The van der Waals surface area contributed by atoms with Crippen LogP contribution in [0.1, 0.15) is 35.7 Å². The van der Waals surface area contributed by atoms with Crippen LogP contribution >= 0.6 is 0 Å². The van der Waals surface area contributed by atoms with Gasteiger partial charge in [0.2, 0.25) is 0 Å². The number of hydrogen-bond donors (Lipinski definition) is 1. The number of oxime groups is 1. The normalized spacial score (nSPS) is 10.6. The first-order chi connectivity index (χ1) is 13.1. The first kappa shape index (κ1) is 20.1. The van der Waals surface area contributed by atoms with E-state index >= 15 is 0 Å². The molecule has 142 valence electrons. The molecule has 0 aliphatic carbocycles. The first-order valence-electron chi connectivity index (χ1n) is 8.56. The SMILES string of the molecule is CCCCOC(=O)c1ccc(NC(=O)CO/N=C/c2ccc(F)cc2)cc1. The summed E-state index contributed by atoms with van der Waals surface area (Å²) < 4.78 is 17.9. The van der Waals surface area contributed by atoms with Crippen molar-refractivity contribution in [1.82, 2.24) is 0 Å². The number of anilines is 1. The molecule has 0 fully saturated rings. The number of ether oxygens (including phenoxy) is 1. The van der Waals surface area contributed by atoms with Crippen LogP contribution in [-0.4, -0.2) is 31.3 Å². The van der Waals surface area contributed by atoms with E-state index < -0.39 is 5.91 Å². The number of unbranched alkanes of at least 4 members (excludes halogenated alkanes) is 1. The second kappa shape index (κ2) is 10.7. The molecule has 2 rings (SSSR count). The lowest BCUT2D eigenvalue weighted by atomic mass is 10.2. The first-order valence-corrected chi connectivity index (χ1v) is 8.56. The molecule has 0 heterocycles. The van der Waals surface area contributed by atoms with Crippen LogP contribution in [0.3, 0.4) is 0 Å². The lowest BCUT2D eigenvalue weighted by Crippen LogP contribution is -2.17. The molecule has 1 amide bonds. The fraction of sp³-hybridized carbons (Fsp3) is 0.250. The number of carbonyl (C=O) groups excluding carboxylic acids is 2. The molecule has 6 nitrogen and oxygen atoms in total. The predicted molar refractivity (Wildman–Crippen MR) is 100 cm³/mol. The van der Waals surface area contributed by atoms with Crippen molar-refractivity contribution in [3.63, 3.8) is 0 Å². The molecular weight excluding hydrogens is 351 g/mol. The third kappa shape index (κ3) is 7.27. The highest BCUT2D eigenvalue weighted by Gasteiger charge is 2.08. The summed E-state index contributed by atoms with van der Waals surface area (Å²) in [5.74, 6) is -1.13. The van der Waals surface area contributed by atoms with E-state index in [4.69, 9.17) is 9.57 Å². The van der Waals surface area contributed by atoms with Crippen molar-refractivity contribution in [2.75, 3.05) is 18.5 Å². The van der Waals surface area contributed by atoms with Gasteiger partial charge >= 0.3 is 5.97 Å². The number of carbonyl (C=O) groups is 2. The van der Waals surface area contributed by atoms with Gasteiger partial charge in [-0.3, -0.25) is 4.79 Å². The molecule has 0 aliphatic rings. The van der Waals surface area contributed by atoms with Crippen LogP contribution in [0, 0.1) is 5.82 Å². The third-order valence-corrected chi connectivity index (χ3v) is 3.48. The van der Waals surface area contributed by atoms with Crippen LogP contribution in [-0.2, 0) is 14.4 Å². The number of nitrogens with zero attached hydrogens (tertiary/aromatic N) is 1. The molecule has 0 saturated heterocycles. The van der Waals surface area contributed by atoms with Gasteiger partial charge < -0.3 is 14.9 Å². The Morgan fingerprint density at radius 3 is 2.48 bits per heavy atom. The van der Waals surface area contributed by atoms with Crippen LogP contribution in [0.2, 0.25) is 0 Å². The highest BCUT2D eigenvalue weighted by Crippen LogP contribution is 2.11. The molecule has 2 aromatic carbocycles. The van der Waals surface area contributed by atoms with E-state index in [1.165, 1.54) is 30.5 Å². The second-order valence-electron chi connectivity index (χ2n) is 5.67. The lowest BCUT2D eigenvalue weighted by Gasteiger charge is -2.06. The summed E-state index contributed by atoms with van der Waals surface area (Å²) in [7, 11) is 0. The van der Waals surface area contributed by atoms with Gasteiger partial charge in [0, 0.05) is 5.69 Å². The summed E-state index contributed by atoms with van der Waals surface area (Å²) in [4.78, 5) is 28.5. The molecule has 1 N–H and O–H groups in total. The molecule has 0 atom stereocenters. The Kier molecular flexibility index (Phi) is 7.96. The molecular formula is C20H21FN2O4. The van der Waals surface area contributed by atoms with Crippen molar-refractivity contribution in [2.24, 2.45) is 5.16 Å². The number of rotatable bonds is 9. The third-order valence-electron chi connectivity index (χ3n) is 3.48. The number of amides is 1. The maximum absolute atomic E-state index is 12.8. The van der Waals surface area contributed by atoms with Gasteiger partial charge in [-0.25, -0.2) is 9.18 Å². The Hall–Kier alpha value is -3.22. The van der Waals surface area contributed by atoms with Crippen LogP contribution in [0.25, 0.3) is 0 Å². The average Bonchev–Trinajstić information content (AvgIpc) is 2.67. The Bertz CT molecular complexity index is 774. The maximum Gasteiger partial charge on any atom is 0.338 e. The van der Waals surface area contributed by atoms with Crippen molar-refractivity contribution < 1.29 is 23.6 Å². The summed E-state index contributed by atoms with van der Waals surface area (Å²) in [6, 6.07) is 12.1. The molecule has 0 aliphatic heterocycles. The minimum Gasteiger partial charge on any atom is -0.462 e. The van der Waals surface area contributed by atoms with E-state index in [0.717, 1.165) is 12.8 Å². The van der Waals surface area contributed by atoms with Crippen LogP contribution in [0.15, 0.2) is 53.7 Å². The highest BCUT2D eigenvalue weighted by molar-refractivity contribution is 5.93. The number of esters is 1. The van der Waals surface area contributed by atoms with E-state index in [1.807, 2.05) is 6.92 Å². The topological polar surface area (TPSA) is 77.0 Å². The monoisotopic (exact) mass is 372 g/mol. The summed E-state index contributed by atoms with van der Waals surface area (Å²) in [5, 5.41) is 6.28. The van der Waals surface area contributed by atoms with Gasteiger partial charge in [-0.15, -0.1) is 0 Å².